The van der Waals surface area contributed by atoms with Crippen LogP contribution in [0.3, 0.4) is 0 Å². The van der Waals surface area contributed by atoms with Crippen molar-refractivity contribution in [1.82, 2.24) is 0 Å². The molecule has 0 spiro atoms. The maximum Gasteiger partial charge on any atom is 0.139 e. The molecule has 2 heteroatoms. The topological polar surface area (TPSA) is 4.44 Å². The van der Waals surface area contributed by atoms with Crippen LogP contribution >= 0.6 is 0 Å². The SMILES string of the molecule is CCCC1CCCC[NH+]1CC#Cc1ccccc1.[Cl-]. The molecule has 0 radical (unpaired) electrons. The van der Waals surface area contributed by atoms with Gasteiger partial charge in [0.1, 0.15) is 6.54 Å². The summed E-state index contributed by atoms with van der Waals surface area (Å²) in [6, 6.07) is 11.2. The Hall–Kier alpha value is -0.970. The van der Waals surface area contributed by atoms with E-state index in [0.29, 0.717) is 0 Å². The van der Waals surface area contributed by atoms with Crippen LogP contribution in [0.4, 0.5) is 0 Å². The van der Waals surface area contributed by atoms with E-state index in [-0.39, 0.29) is 12.4 Å². The van der Waals surface area contributed by atoms with Gasteiger partial charge in [0.05, 0.1) is 12.6 Å². The molecule has 2 rings (SSSR count). The third kappa shape index (κ3) is 5.27. The summed E-state index contributed by atoms with van der Waals surface area (Å²) in [6.45, 7) is 4.62. The molecule has 0 saturated carbocycles. The number of halogens is 1. The molecule has 0 aliphatic carbocycles. The number of rotatable bonds is 3. The molecular weight excluding hydrogens is 254 g/mol. The lowest BCUT2D eigenvalue weighted by molar-refractivity contribution is -0.924. The molecule has 1 fully saturated rings. The molecular formula is C17H24ClN. The van der Waals surface area contributed by atoms with Crippen molar-refractivity contribution >= 4 is 0 Å². The average Bonchev–Trinajstić information content (AvgIpc) is 2.42. The first-order chi connectivity index (χ1) is 8.90. The van der Waals surface area contributed by atoms with Gasteiger partial charge in [-0.05, 0) is 43.7 Å². The highest BCUT2D eigenvalue weighted by molar-refractivity contribution is 5.33. The summed E-state index contributed by atoms with van der Waals surface area (Å²) >= 11 is 0. The van der Waals surface area contributed by atoms with Gasteiger partial charge < -0.3 is 17.3 Å². The van der Waals surface area contributed by atoms with Crippen molar-refractivity contribution < 1.29 is 17.3 Å². The third-order valence-corrected chi connectivity index (χ3v) is 3.84. The molecule has 0 aromatic heterocycles. The molecule has 1 aliphatic heterocycles. The molecule has 0 amide bonds. The van der Waals surface area contributed by atoms with Gasteiger partial charge in [0.2, 0.25) is 0 Å². The second-order valence-corrected chi connectivity index (χ2v) is 5.23. The van der Waals surface area contributed by atoms with E-state index < -0.39 is 0 Å². The van der Waals surface area contributed by atoms with Gasteiger partial charge in [-0.1, -0.05) is 37.5 Å². The normalized spacial score (nSPS) is 21.9. The maximum atomic E-state index is 3.37. The summed E-state index contributed by atoms with van der Waals surface area (Å²) < 4.78 is 0. The maximum absolute atomic E-state index is 3.37. The molecule has 1 aromatic rings. The smallest absolute Gasteiger partial charge is 0.139 e. The van der Waals surface area contributed by atoms with Crippen molar-refractivity contribution in [2.75, 3.05) is 13.1 Å². The second kappa shape index (κ2) is 9.02. The Kier molecular flexibility index (Phi) is 7.63. The van der Waals surface area contributed by atoms with Gasteiger partial charge in [0, 0.05) is 5.56 Å². The minimum atomic E-state index is 0. The summed E-state index contributed by atoms with van der Waals surface area (Å²) in [6.07, 6.45) is 6.86. The summed E-state index contributed by atoms with van der Waals surface area (Å²) in [5, 5.41) is 0. The van der Waals surface area contributed by atoms with Crippen LogP contribution in [0, 0.1) is 11.8 Å². The first-order valence-electron chi connectivity index (χ1n) is 7.28. The Labute approximate surface area is 123 Å². The monoisotopic (exact) mass is 277 g/mol. The van der Waals surface area contributed by atoms with E-state index >= 15 is 0 Å². The van der Waals surface area contributed by atoms with Gasteiger partial charge in [-0.25, -0.2) is 0 Å². The van der Waals surface area contributed by atoms with Crippen LogP contribution < -0.4 is 17.3 Å². The van der Waals surface area contributed by atoms with Crippen molar-refractivity contribution in [3.63, 3.8) is 0 Å². The van der Waals surface area contributed by atoms with Gasteiger partial charge >= 0.3 is 0 Å². The largest absolute Gasteiger partial charge is 1.00 e. The molecule has 1 heterocycles. The Bertz CT molecular complexity index is 402. The fraction of sp³-hybridized carbons (Fsp3) is 0.529. The number of nitrogens with one attached hydrogen (secondary N) is 1. The highest BCUT2D eigenvalue weighted by Crippen LogP contribution is 2.07. The first-order valence-corrected chi connectivity index (χ1v) is 7.28. The molecule has 1 aliphatic rings. The lowest BCUT2D eigenvalue weighted by Gasteiger charge is -2.31. The summed E-state index contributed by atoms with van der Waals surface area (Å²) in [5.41, 5.74) is 1.14. The fourth-order valence-corrected chi connectivity index (χ4v) is 2.86. The first kappa shape index (κ1) is 16.1. The van der Waals surface area contributed by atoms with Crippen molar-refractivity contribution in [2.45, 2.75) is 45.1 Å². The Morgan fingerprint density at radius 3 is 2.74 bits per heavy atom. The molecule has 1 N–H and O–H groups in total. The highest BCUT2D eigenvalue weighted by atomic mass is 35.5. The van der Waals surface area contributed by atoms with Crippen LogP contribution in [-0.4, -0.2) is 19.1 Å². The Morgan fingerprint density at radius 2 is 2.00 bits per heavy atom. The summed E-state index contributed by atoms with van der Waals surface area (Å²) in [4.78, 5) is 1.71. The lowest BCUT2D eigenvalue weighted by Crippen LogP contribution is -3.16. The van der Waals surface area contributed by atoms with E-state index in [2.05, 4.69) is 43.0 Å². The van der Waals surface area contributed by atoms with Crippen molar-refractivity contribution in [2.24, 2.45) is 0 Å². The van der Waals surface area contributed by atoms with E-state index in [9.17, 15) is 0 Å². The molecule has 2 unspecified atom stereocenters. The Balaban J connectivity index is 0.00000180. The number of benzene rings is 1. The highest BCUT2D eigenvalue weighted by Gasteiger charge is 2.23. The number of hydrogen-bond donors (Lipinski definition) is 1. The minimum Gasteiger partial charge on any atom is -1.00 e. The molecule has 1 nitrogen and oxygen atoms in total. The zero-order valence-electron chi connectivity index (χ0n) is 11.8. The van der Waals surface area contributed by atoms with E-state index in [1.54, 1.807) is 4.90 Å². The molecule has 0 bridgehead atoms. The van der Waals surface area contributed by atoms with Gasteiger partial charge in [0.25, 0.3) is 0 Å². The number of hydrogen-bond acceptors (Lipinski definition) is 0. The Morgan fingerprint density at radius 1 is 1.21 bits per heavy atom. The third-order valence-electron chi connectivity index (χ3n) is 3.84. The van der Waals surface area contributed by atoms with Crippen LogP contribution in [0.25, 0.3) is 0 Å². The molecule has 1 aromatic carbocycles. The minimum absolute atomic E-state index is 0. The number of likely N-dealkylation sites (tertiary alicyclic amines) is 1. The molecule has 2 atom stereocenters. The number of piperidine rings is 1. The zero-order valence-corrected chi connectivity index (χ0v) is 12.5. The molecule has 19 heavy (non-hydrogen) atoms. The predicted octanol–water partition coefficient (Wildman–Crippen LogP) is -0.720. The van der Waals surface area contributed by atoms with E-state index in [4.69, 9.17) is 0 Å². The van der Waals surface area contributed by atoms with E-state index in [0.717, 1.165) is 18.2 Å². The quantitative estimate of drug-likeness (QED) is 0.696. The van der Waals surface area contributed by atoms with E-state index in [1.807, 2.05) is 6.07 Å². The van der Waals surface area contributed by atoms with E-state index in [1.165, 1.54) is 38.6 Å². The van der Waals surface area contributed by atoms with Crippen LogP contribution in [0.5, 0.6) is 0 Å². The average molecular weight is 278 g/mol. The predicted molar refractivity (Wildman–Crippen MR) is 76.6 cm³/mol. The van der Waals surface area contributed by atoms with Crippen LogP contribution in [-0.2, 0) is 0 Å². The van der Waals surface area contributed by atoms with Gasteiger partial charge in [-0.2, -0.15) is 0 Å². The molecule has 1 saturated heterocycles. The molecule has 104 valence electrons. The van der Waals surface area contributed by atoms with Crippen molar-refractivity contribution in [1.29, 1.82) is 0 Å². The standard InChI is InChI=1S/C17H23N.ClH/c1-2-9-17-13-6-7-14-18(17)15-8-12-16-10-4-3-5-11-16;/h3-5,10-11,17H,2,6-7,9,13-15H2,1H3;1H. The van der Waals surface area contributed by atoms with Crippen LogP contribution in [0.1, 0.15) is 44.6 Å². The number of quaternary nitrogens is 1. The van der Waals surface area contributed by atoms with Crippen LogP contribution in [0.2, 0.25) is 0 Å². The second-order valence-electron chi connectivity index (χ2n) is 5.23. The fourth-order valence-electron chi connectivity index (χ4n) is 2.86. The van der Waals surface area contributed by atoms with Crippen molar-refractivity contribution in [3.8, 4) is 11.8 Å². The van der Waals surface area contributed by atoms with Gasteiger partial charge in [-0.15, -0.1) is 0 Å². The zero-order chi connectivity index (χ0) is 12.6. The lowest BCUT2D eigenvalue weighted by atomic mass is 9.98. The summed E-state index contributed by atoms with van der Waals surface area (Å²) in [5.74, 6) is 6.66. The van der Waals surface area contributed by atoms with Gasteiger partial charge in [-0.3, -0.25) is 0 Å². The van der Waals surface area contributed by atoms with Crippen LogP contribution in [0.15, 0.2) is 30.3 Å². The van der Waals surface area contributed by atoms with Crippen molar-refractivity contribution in [3.05, 3.63) is 35.9 Å². The van der Waals surface area contributed by atoms with Gasteiger partial charge in [0.15, 0.2) is 0 Å². The summed E-state index contributed by atoms with van der Waals surface area (Å²) in [7, 11) is 0.